The van der Waals surface area contributed by atoms with Crippen LogP contribution in [0.3, 0.4) is 0 Å². The Labute approximate surface area is 345 Å². The van der Waals surface area contributed by atoms with Crippen molar-refractivity contribution in [1.29, 1.82) is 0 Å². The molecule has 0 saturated carbocycles. The number of para-hydroxylation sites is 3. The Balaban J connectivity index is 1.32. The maximum atomic E-state index is 3.71. The van der Waals surface area contributed by atoms with E-state index in [2.05, 4.69) is 234 Å². The highest BCUT2D eigenvalue weighted by atomic mass is 15.1. The van der Waals surface area contributed by atoms with Crippen molar-refractivity contribution in [2.24, 2.45) is 14.1 Å². The van der Waals surface area contributed by atoms with Crippen LogP contribution in [0.1, 0.15) is 5.56 Å². The number of fused-ring (bicyclic) bond motifs is 8. The Hall–Kier alpha value is -7.75. The molecule has 8 aromatic carbocycles. The summed E-state index contributed by atoms with van der Waals surface area (Å²) in [5.41, 5.74) is 9.32. The molecular formula is C57H39N3. The molecule has 3 heteroatoms. The normalized spacial score (nSPS) is 18.0. The molecule has 0 amide bonds. The van der Waals surface area contributed by atoms with Gasteiger partial charge in [0.2, 0.25) is 6.33 Å². The molecule has 3 nitrogen and oxygen atoms in total. The summed E-state index contributed by atoms with van der Waals surface area (Å²) in [6.45, 7) is 0. The second-order valence-electron chi connectivity index (χ2n) is 16.0. The van der Waals surface area contributed by atoms with Crippen LogP contribution in [0.2, 0.25) is 0 Å². The molecule has 0 bridgehead atoms. The van der Waals surface area contributed by atoms with Crippen LogP contribution in [0.5, 0.6) is 0 Å². The molecule has 0 saturated heterocycles. The van der Waals surface area contributed by atoms with Gasteiger partial charge in [-0.3, -0.25) is 0 Å². The minimum absolute atomic E-state index is 1.08. The molecule has 0 unspecified atom stereocenters. The lowest BCUT2D eigenvalue weighted by Crippen LogP contribution is -2.37. The summed E-state index contributed by atoms with van der Waals surface area (Å²) >= 11 is 0. The van der Waals surface area contributed by atoms with Crippen LogP contribution in [0, 0.1) is 48.1 Å². The Morgan fingerprint density at radius 2 is 0.833 bits per heavy atom. The summed E-state index contributed by atoms with van der Waals surface area (Å²) in [5, 5.41) is 15.7. The highest BCUT2D eigenvalue weighted by Crippen LogP contribution is 2.28. The van der Waals surface area contributed by atoms with Gasteiger partial charge in [0.05, 0.1) is 23.8 Å². The predicted molar refractivity (Wildman–Crippen MR) is 242 cm³/mol. The van der Waals surface area contributed by atoms with E-state index in [0.717, 1.165) is 21.9 Å². The molecule has 60 heavy (non-hydrogen) atoms. The molecule has 2 heterocycles. The first-order valence-corrected chi connectivity index (χ1v) is 20.6. The maximum absolute atomic E-state index is 3.71. The summed E-state index contributed by atoms with van der Waals surface area (Å²) < 4.78 is 6.62. The zero-order valence-electron chi connectivity index (χ0n) is 33.4. The fraction of sp³-hybridized carbons (Fsp3) is 0.0351. The van der Waals surface area contributed by atoms with Crippen LogP contribution in [-0.2, 0) is 14.1 Å². The van der Waals surface area contributed by atoms with E-state index in [1.807, 2.05) is 0 Å². The summed E-state index contributed by atoms with van der Waals surface area (Å²) in [4.78, 5) is 0. The SMILES string of the molecule is Cn1[c-][n+](C2=c3\cccc\c3=c3/cccc/c3=c3\cccc(-c4cccc5/c4=C\C(c4cn(C)c6ccccc46)=c4\cccc\c4=c4/cccc/c4=5)\c3=C\2)c2ccccc21. The van der Waals surface area contributed by atoms with Gasteiger partial charge in [0, 0.05) is 29.7 Å². The van der Waals surface area contributed by atoms with E-state index in [1.165, 1.54) is 90.6 Å². The van der Waals surface area contributed by atoms with E-state index in [1.54, 1.807) is 0 Å². The monoisotopic (exact) mass is 765 g/mol. The Morgan fingerprint density at radius 3 is 1.47 bits per heavy atom. The van der Waals surface area contributed by atoms with Crippen molar-refractivity contribution in [3.8, 4) is 11.1 Å². The molecule has 12 rings (SSSR count). The first-order chi connectivity index (χ1) is 29.6. The van der Waals surface area contributed by atoms with Crippen LogP contribution >= 0.6 is 0 Å². The van der Waals surface area contributed by atoms with Crippen molar-refractivity contribution in [2.75, 3.05) is 0 Å². The van der Waals surface area contributed by atoms with E-state index < -0.39 is 0 Å². The largest absolute Gasteiger partial charge is 0.350 e. The molecule has 0 radical (unpaired) electrons. The molecule has 2 aromatic heterocycles. The number of hydrogen-bond donors (Lipinski definition) is 0. The zero-order valence-corrected chi connectivity index (χ0v) is 33.4. The third kappa shape index (κ3) is 5.12. The van der Waals surface area contributed by atoms with Gasteiger partial charge in [0.15, 0.2) is 0 Å². The number of imidazole rings is 1. The maximum Gasteiger partial charge on any atom is 0.244 e. The van der Waals surface area contributed by atoms with Crippen LogP contribution in [0.4, 0.5) is 0 Å². The molecule has 2 aliphatic carbocycles. The van der Waals surface area contributed by atoms with Crippen molar-refractivity contribution in [1.82, 2.24) is 9.13 Å². The molecule has 0 N–H and O–H groups in total. The van der Waals surface area contributed by atoms with Crippen molar-refractivity contribution in [3.63, 3.8) is 0 Å². The highest BCUT2D eigenvalue weighted by molar-refractivity contribution is 6.01. The fourth-order valence-electron chi connectivity index (χ4n) is 9.96. The molecule has 10 aromatic rings. The number of rotatable bonds is 3. The first-order valence-electron chi connectivity index (χ1n) is 20.6. The lowest BCUT2D eigenvalue weighted by molar-refractivity contribution is -0.554. The Bertz CT molecular complexity index is 3880. The van der Waals surface area contributed by atoms with Gasteiger partial charge in [0.1, 0.15) is 0 Å². The van der Waals surface area contributed by atoms with Crippen LogP contribution in [0.25, 0.3) is 56.5 Å². The second-order valence-corrected chi connectivity index (χ2v) is 16.0. The quantitative estimate of drug-likeness (QED) is 0.128. The average Bonchev–Trinajstić information content (AvgIpc) is 3.81. The average molecular weight is 766 g/mol. The number of nitrogens with zero attached hydrogens (tertiary/aromatic N) is 3. The van der Waals surface area contributed by atoms with E-state index in [-0.39, 0.29) is 0 Å². The summed E-state index contributed by atoms with van der Waals surface area (Å²) in [6.07, 6.45) is 10.9. The van der Waals surface area contributed by atoms with E-state index in [9.17, 15) is 0 Å². The highest BCUT2D eigenvalue weighted by Gasteiger charge is 2.16. The Kier molecular flexibility index (Phi) is 7.66. The molecule has 0 aliphatic heterocycles. The minimum Gasteiger partial charge on any atom is -0.350 e. The van der Waals surface area contributed by atoms with Crippen molar-refractivity contribution in [3.05, 3.63) is 263 Å². The van der Waals surface area contributed by atoms with Crippen LogP contribution < -0.4 is 25.4 Å². The Morgan fingerprint density at radius 1 is 0.383 bits per heavy atom. The third-order valence-electron chi connectivity index (χ3n) is 12.7. The van der Waals surface area contributed by atoms with E-state index >= 15 is 0 Å². The van der Waals surface area contributed by atoms with Crippen LogP contribution in [-0.4, -0.2) is 9.13 Å². The smallest absolute Gasteiger partial charge is 0.244 e. The van der Waals surface area contributed by atoms with E-state index in [0.29, 0.717) is 0 Å². The van der Waals surface area contributed by atoms with Gasteiger partial charge >= 0.3 is 0 Å². The topological polar surface area (TPSA) is 13.7 Å². The number of benzene rings is 8. The van der Waals surface area contributed by atoms with Crippen molar-refractivity contribution in [2.45, 2.75) is 0 Å². The first kappa shape index (κ1) is 34.3. The second kappa shape index (κ2) is 13.4. The number of hydrogen-bond acceptors (Lipinski definition) is 0. The minimum atomic E-state index is 1.08. The molecule has 0 spiro atoms. The van der Waals surface area contributed by atoms with Crippen molar-refractivity contribution < 1.29 is 4.57 Å². The molecule has 0 fully saturated rings. The summed E-state index contributed by atoms with van der Waals surface area (Å²) in [7, 11) is 4.24. The molecule has 0 atom stereocenters. The summed E-state index contributed by atoms with van der Waals surface area (Å²) in [6, 6.07) is 66.7. The molecular weight excluding hydrogens is 727 g/mol. The van der Waals surface area contributed by atoms with E-state index in [4.69, 9.17) is 0 Å². The lowest BCUT2D eigenvalue weighted by atomic mass is 9.91. The number of aromatic nitrogens is 3. The molecule has 2 aliphatic rings. The van der Waals surface area contributed by atoms with Crippen molar-refractivity contribution >= 4 is 45.4 Å². The van der Waals surface area contributed by atoms with Gasteiger partial charge in [-0.2, -0.15) is 0 Å². The lowest BCUT2D eigenvalue weighted by Gasteiger charge is -2.14. The predicted octanol–water partition coefficient (Wildman–Crippen LogP) is 8.02. The third-order valence-corrected chi connectivity index (χ3v) is 12.7. The van der Waals surface area contributed by atoms with Gasteiger partial charge in [-0.15, -0.1) is 0 Å². The zero-order chi connectivity index (χ0) is 39.9. The van der Waals surface area contributed by atoms with Gasteiger partial charge in [-0.1, -0.05) is 176 Å². The van der Waals surface area contributed by atoms with Gasteiger partial charge in [0.25, 0.3) is 0 Å². The summed E-state index contributed by atoms with van der Waals surface area (Å²) in [5.74, 6) is 0. The van der Waals surface area contributed by atoms with Crippen LogP contribution in [0.15, 0.2) is 188 Å². The van der Waals surface area contributed by atoms with Gasteiger partial charge in [-0.25, -0.2) is 0 Å². The van der Waals surface area contributed by atoms with Gasteiger partial charge in [-0.05, 0) is 97.5 Å². The number of aryl methyl sites for hydroxylation is 2. The van der Waals surface area contributed by atoms with Gasteiger partial charge < -0.3 is 13.7 Å². The fourth-order valence-corrected chi connectivity index (χ4v) is 9.96. The molecule has 282 valence electrons. The standard InChI is InChI=1S/C57H39N3/c1-58-35-53(49-25-11-12-30-54(49)58)51-33-50-44(40-20-5-3-17-37(40)39-19-7-8-23-43(39)51)26-15-28-46(50)47-29-16-27-45-41-21-6-4-18-38(41)42-22-9-10-24-48(42)57(34-52(45)47)60-36-59(2)55-31-13-14-32-56(55)60/h3-35H,1-2H3/b39-37-,42-38-,44-40-,45-41-,50-33+,51-33?,51-43+,52-34+,57-34?,57-48+.